The van der Waals surface area contributed by atoms with Crippen LogP contribution >= 0.6 is 0 Å². The standard InChI is InChI=1S/C15H20N2O/c1-15(7-4-8-16-15)14-10-11-9-12(18-3)5-6-13(11)17(14)2/h5-6,9-10,16H,4,7-8H2,1-3H3. The number of benzene rings is 1. The smallest absolute Gasteiger partial charge is 0.119 e. The number of fused-ring (bicyclic) bond motifs is 1. The third-order valence-electron chi connectivity index (χ3n) is 4.18. The van der Waals surface area contributed by atoms with Crippen LogP contribution in [0, 0.1) is 0 Å². The van der Waals surface area contributed by atoms with E-state index >= 15 is 0 Å². The van der Waals surface area contributed by atoms with Crippen LogP contribution in [0.15, 0.2) is 24.3 Å². The first kappa shape index (κ1) is 11.6. The first-order chi connectivity index (χ1) is 8.64. The van der Waals surface area contributed by atoms with Gasteiger partial charge in [-0.2, -0.15) is 0 Å². The predicted octanol–water partition coefficient (Wildman–Crippen LogP) is 2.79. The predicted molar refractivity (Wildman–Crippen MR) is 74.1 cm³/mol. The molecular weight excluding hydrogens is 224 g/mol. The lowest BCUT2D eigenvalue weighted by molar-refractivity contribution is 0.410. The van der Waals surface area contributed by atoms with Gasteiger partial charge in [0.25, 0.3) is 0 Å². The van der Waals surface area contributed by atoms with Gasteiger partial charge in [-0.1, -0.05) is 0 Å². The lowest BCUT2D eigenvalue weighted by Crippen LogP contribution is -2.34. The number of hydrogen-bond donors (Lipinski definition) is 1. The molecule has 18 heavy (non-hydrogen) atoms. The van der Waals surface area contributed by atoms with Gasteiger partial charge >= 0.3 is 0 Å². The highest BCUT2D eigenvalue weighted by molar-refractivity contribution is 5.83. The van der Waals surface area contributed by atoms with E-state index in [0.29, 0.717) is 0 Å². The van der Waals surface area contributed by atoms with Gasteiger partial charge in [-0.3, -0.25) is 0 Å². The molecule has 3 heteroatoms. The molecule has 1 aliphatic heterocycles. The maximum atomic E-state index is 5.30. The van der Waals surface area contributed by atoms with Gasteiger partial charge in [0.2, 0.25) is 0 Å². The highest BCUT2D eigenvalue weighted by atomic mass is 16.5. The molecule has 1 aromatic carbocycles. The molecule has 0 amide bonds. The summed E-state index contributed by atoms with van der Waals surface area (Å²) in [5.74, 6) is 0.921. The number of hydrogen-bond acceptors (Lipinski definition) is 2. The van der Waals surface area contributed by atoms with Crippen molar-refractivity contribution in [2.75, 3.05) is 13.7 Å². The second-order valence-corrected chi connectivity index (χ2v) is 5.38. The van der Waals surface area contributed by atoms with E-state index in [2.05, 4.69) is 42.1 Å². The number of ether oxygens (including phenoxy) is 1. The van der Waals surface area contributed by atoms with Crippen LogP contribution in [-0.4, -0.2) is 18.2 Å². The van der Waals surface area contributed by atoms with E-state index in [1.165, 1.54) is 29.4 Å². The average molecular weight is 244 g/mol. The third kappa shape index (κ3) is 1.62. The van der Waals surface area contributed by atoms with Gasteiger partial charge in [0.15, 0.2) is 0 Å². The van der Waals surface area contributed by atoms with Crippen molar-refractivity contribution >= 4 is 10.9 Å². The lowest BCUT2D eigenvalue weighted by atomic mass is 9.96. The van der Waals surface area contributed by atoms with Crippen LogP contribution in [0.4, 0.5) is 0 Å². The number of nitrogens with one attached hydrogen (secondary N) is 1. The van der Waals surface area contributed by atoms with Crippen molar-refractivity contribution in [1.82, 2.24) is 9.88 Å². The summed E-state index contributed by atoms with van der Waals surface area (Å²) in [4.78, 5) is 0. The van der Waals surface area contributed by atoms with Gasteiger partial charge < -0.3 is 14.6 Å². The first-order valence-electron chi connectivity index (χ1n) is 6.53. The summed E-state index contributed by atoms with van der Waals surface area (Å²) in [6, 6.07) is 8.56. The largest absolute Gasteiger partial charge is 0.497 e. The quantitative estimate of drug-likeness (QED) is 0.879. The summed E-state index contributed by atoms with van der Waals surface area (Å²) in [5, 5.41) is 4.88. The zero-order valence-corrected chi connectivity index (χ0v) is 11.3. The van der Waals surface area contributed by atoms with E-state index in [9.17, 15) is 0 Å². The molecular formula is C15H20N2O. The number of aromatic nitrogens is 1. The Kier molecular flexibility index (Phi) is 2.59. The molecule has 2 aromatic rings. The molecule has 1 aliphatic rings. The van der Waals surface area contributed by atoms with E-state index in [1.54, 1.807) is 7.11 Å². The molecule has 3 rings (SSSR count). The van der Waals surface area contributed by atoms with Crippen LogP contribution in [0.5, 0.6) is 5.75 Å². The normalized spacial score (nSPS) is 23.7. The topological polar surface area (TPSA) is 26.2 Å². The number of methoxy groups -OCH3 is 1. The molecule has 0 radical (unpaired) electrons. The molecule has 3 nitrogen and oxygen atoms in total. The summed E-state index contributed by atoms with van der Waals surface area (Å²) < 4.78 is 7.60. The third-order valence-corrected chi connectivity index (χ3v) is 4.18. The Morgan fingerprint density at radius 3 is 2.83 bits per heavy atom. The second-order valence-electron chi connectivity index (χ2n) is 5.38. The molecule has 0 bridgehead atoms. The maximum absolute atomic E-state index is 5.30. The summed E-state index contributed by atoms with van der Waals surface area (Å²) in [6.45, 7) is 3.41. The fourth-order valence-corrected chi connectivity index (χ4v) is 3.10. The first-order valence-corrected chi connectivity index (χ1v) is 6.53. The average Bonchev–Trinajstić information content (AvgIpc) is 2.95. The van der Waals surface area contributed by atoms with Crippen LogP contribution in [0.2, 0.25) is 0 Å². The Labute approximate surface area is 108 Å². The van der Waals surface area contributed by atoms with Gasteiger partial charge in [0.1, 0.15) is 5.75 Å². The molecule has 1 saturated heterocycles. The Morgan fingerprint density at radius 2 is 2.17 bits per heavy atom. The molecule has 1 unspecified atom stereocenters. The van der Waals surface area contributed by atoms with E-state index in [4.69, 9.17) is 4.74 Å². The highest BCUT2D eigenvalue weighted by Gasteiger charge is 2.32. The van der Waals surface area contributed by atoms with Crippen molar-refractivity contribution < 1.29 is 4.74 Å². The SMILES string of the molecule is COc1ccc2c(c1)cc(C1(C)CCCN1)n2C. The van der Waals surface area contributed by atoms with Crippen molar-refractivity contribution in [2.45, 2.75) is 25.3 Å². The van der Waals surface area contributed by atoms with Crippen molar-refractivity contribution in [1.29, 1.82) is 0 Å². The molecule has 1 N–H and O–H groups in total. The zero-order valence-electron chi connectivity index (χ0n) is 11.3. The molecule has 0 spiro atoms. The van der Waals surface area contributed by atoms with E-state index in [-0.39, 0.29) is 5.54 Å². The molecule has 0 aliphatic carbocycles. The van der Waals surface area contributed by atoms with Gasteiger partial charge in [-0.15, -0.1) is 0 Å². The van der Waals surface area contributed by atoms with Crippen LogP contribution in [0.3, 0.4) is 0 Å². The second kappa shape index (κ2) is 4.02. The van der Waals surface area contributed by atoms with Crippen LogP contribution in [-0.2, 0) is 12.6 Å². The van der Waals surface area contributed by atoms with E-state index < -0.39 is 0 Å². The summed E-state index contributed by atoms with van der Waals surface area (Å²) in [5.41, 5.74) is 2.74. The zero-order chi connectivity index (χ0) is 12.8. The monoisotopic (exact) mass is 244 g/mol. The fourth-order valence-electron chi connectivity index (χ4n) is 3.10. The molecule has 1 aromatic heterocycles. The minimum atomic E-state index is 0.112. The maximum Gasteiger partial charge on any atom is 0.119 e. The van der Waals surface area contributed by atoms with Gasteiger partial charge in [0.05, 0.1) is 12.6 Å². The fraction of sp³-hybridized carbons (Fsp3) is 0.467. The van der Waals surface area contributed by atoms with Crippen LogP contribution in [0.25, 0.3) is 10.9 Å². The van der Waals surface area contributed by atoms with Crippen molar-refractivity contribution in [3.8, 4) is 5.75 Å². The van der Waals surface area contributed by atoms with Crippen molar-refractivity contribution in [3.63, 3.8) is 0 Å². The number of aryl methyl sites for hydroxylation is 1. The Balaban J connectivity index is 2.16. The molecule has 0 saturated carbocycles. The minimum Gasteiger partial charge on any atom is -0.497 e. The van der Waals surface area contributed by atoms with Crippen molar-refractivity contribution in [2.24, 2.45) is 7.05 Å². The highest BCUT2D eigenvalue weighted by Crippen LogP contribution is 2.34. The van der Waals surface area contributed by atoms with Crippen LogP contribution in [0.1, 0.15) is 25.5 Å². The molecule has 2 heterocycles. The summed E-state index contributed by atoms with van der Waals surface area (Å²) in [6.07, 6.45) is 2.45. The number of nitrogens with zero attached hydrogens (tertiary/aromatic N) is 1. The minimum absolute atomic E-state index is 0.112. The molecule has 1 atom stereocenters. The molecule has 1 fully saturated rings. The Bertz CT molecular complexity index is 579. The van der Waals surface area contributed by atoms with Gasteiger partial charge in [0, 0.05) is 23.6 Å². The van der Waals surface area contributed by atoms with Gasteiger partial charge in [-0.25, -0.2) is 0 Å². The Hall–Kier alpha value is -1.48. The Morgan fingerprint density at radius 1 is 1.33 bits per heavy atom. The van der Waals surface area contributed by atoms with E-state index in [0.717, 1.165) is 12.3 Å². The summed E-state index contributed by atoms with van der Waals surface area (Å²) in [7, 11) is 3.86. The number of rotatable bonds is 2. The van der Waals surface area contributed by atoms with Crippen molar-refractivity contribution in [3.05, 3.63) is 30.0 Å². The lowest BCUT2D eigenvalue weighted by Gasteiger charge is -2.25. The van der Waals surface area contributed by atoms with Crippen LogP contribution < -0.4 is 10.1 Å². The van der Waals surface area contributed by atoms with E-state index in [1.807, 2.05) is 6.07 Å². The summed E-state index contributed by atoms with van der Waals surface area (Å²) >= 11 is 0. The van der Waals surface area contributed by atoms with Gasteiger partial charge in [-0.05, 0) is 50.6 Å². The molecule has 96 valence electrons.